The summed E-state index contributed by atoms with van der Waals surface area (Å²) in [5, 5.41) is 0.797. The van der Waals surface area contributed by atoms with Crippen LogP contribution < -0.4 is 11.2 Å². The molecule has 0 radical (unpaired) electrons. The number of benzene rings is 1. The van der Waals surface area contributed by atoms with E-state index in [0.717, 1.165) is 11.4 Å². The molecule has 0 amide bonds. The van der Waals surface area contributed by atoms with Crippen molar-refractivity contribution < 1.29 is 0 Å². The van der Waals surface area contributed by atoms with Gasteiger partial charge in [-0.3, -0.25) is 18.3 Å². The lowest BCUT2D eigenvalue weighted by Gasteiger charge is -2.09. The Balaban J connectivity index is 2.05. The van der Waals surface area contributed by atoms with Crippen LogP contribution in [-0.4, -0.2) is 23.1 Å². The van der Waals surface area contributed by atoms with Gasteiger partial charge in [0.15, 0.2) is 11.2 Å². The fourth-order valence-corrected chi connectivity index (χ4v) is 3.69. The SMILES string of the molecule is Cc1c(C)n2c3c(=O)n(Cc4ccc(Cl)c(Cl)c4)c(=O)n(C)c3nc2n1C. The molecule has 0 unspecified atom stereocenters. The molecule has 0 aliphatic rings. The zero-order valence-electron chi connectivity index (χ0n) is 15.2. The molecule has 0 saturated carbocycles. The number of aryl methyl sites for hydroxylation is 3. The number of rotatable bonds is 2. The molecule has 4 aromatic rings. The molecule has 1 aromatic carbocycles. The molecular weight excluding hydrogens is 389 g/mol. The number of hydrogen-bond acceptors (Lipinski definition) is 3. The molecule has 0 spiro atoms. The van der Waals surface area contributed by atoms with Gasteiger partial charge in [0.05, 0.1) is 16.6 Å². The summed E-state index contributed by atoms with van der Waals surface area (Å²) in [6.07, 6.45) is 0. The Morgan fingerprint density at radius 2 is 1.70 bits per heavy atom. The molecule has 0 N–H and O–H groups in total. The molecule has 0 atom stereocenters. The number of hydrogen-bond donors (Lipinski definition) is 0. The number of fused-ring (bicyclic) bond motifs is 3. The first kappa shape index (κ1) is 17.9. The standard InChI is InChI=1S/C18H17Cl2N5O2/c1-9-10(2)25-14-15(21-17(25)22(9)3)23(4)18(27)24(16(14)26)8-11-5-6-12(19)13(20)7-11/h5-7H,8H2,1-4H3. The molecule has 0 aliphatic carbocycles. The summed E-state index contributed by atoms with van der Waals surface area (Å²) in [5.41, 5.74) is 2.55. The molecular formula is C18H17Cl2N5O2. The molecule has 3 heterocycles. The third kappa shape index (κ3) is 2.45. The van der Waals surface area contributed by atoms with Crippen LogP contribution >= 0.6 is 23.2 Å². The zero-order chi connectivity index (χ0) is 19.6. The highest BCUT2D eigenvalue weighted by molar-refractivity contribution is 6.42. The van der Waals surface area contributed by atoms with Crippen LogP contribution in [0.25, 0.3) is 16.9 Å². The van der Waals surface area contributed by atoms with Crippen molar-refractivity contribution in [3.8, 4) is 0 Å². The maximum absolute atomic E-state index is 13.2. The van der Waals surface area contributed by atoms with Gasteiger partial charge in [-0.25, -0.2) is 4.79 Å². The van der Waals surface area contributed by atoms with Gasteiger partial charge in [-0.15, -0.1) is 0 Å². The maximum atomic E-state index is 13.2. The van der Waals surface area contributed by atoms with Gasteiger partial charge in [-0.2, -0.15) is 4.98 Å². The van der Waals surface area contributed by atoms with Gasteiger partial charge < -0.3 is 4.57 Å². The minimum atomic E-state index is -0.434. The van der Waals surface area contributed by atoms with E-state index in [4.69, 9.17) is 23.2 Å². The fraction of sp³-hybridized carbons (Fsp3) is 0.278. The molecule has 4 rings (SSSR count). The summed E-state index contributed by atoms with van der Waals surface area (Å²) in [6, 6.07) is 5.05. The van der Waals surface area contributed by atoms with Gasteiger partial charge in [0.25, 0.3) is 5.56 Å². The number of imidazole rings is 2. The van der Waals surface area contributed by atoms with Crippen molar-refractivity contribution in [2.45, 2.75) is 20.4 Å². The maximum Gasteiger partial charge on any atom is 0.332 e. The second kappa shape index (κ2) is 6.00. The highest BCUT2D eigenvalue weighted by atomic mass is 35.5. The van der Waals surface area contributed by atoms with E-state index in [2.05, 4.69) is 4.98 Å². The Morgan fingerprint density at radius 3 is 2.37 bits per heavy atom. The van der Waals surface area contributed by atoms with Crippen molar-refractivity contribution in [2.75, 3.05) is 0 Å². The van der Waals surface area contributed by atoms with Crippen molar-refractivity contribution in [3.05, 3.63) is 66.0 Å². The fourth-order valence-electron chi connectivity index (χ4n) is 3.37. The summed E-state index contributed by atoms with van der Waals surface area (Å²) in [5.74, 6) is 0.624. The molecule has 9 heteroatoms. The van der Waals surface area contributed by atoms with Gasteiger partial charge in [-0.05, 0) is 31.5 Å². The van der Waals surface area contributed by atoms with Crippen molar-refractivity contribution in [3.63, 3.8) is 0 Å². The van der Waals surface area contributed by atoms with Crippen LogP contribution in [0.2, 0.25) is 10.0 Å². The first-order chi connectivity index (χ1) is 12.7. The Kier molecular flexibility index (Phi) is 3.98. The van der Waals surface area contributed by atoms with Crippen LogP contribution in [0.5, 0.6) is 0 Å². The molecule has 0 fully saturated rings. The first-order valence-electron chi connectivity index (χ1n) is 8.30. The molecule has 3 aromatic heterocycles. The smallest absolute Gasteiger partial charge is 0.317 e. The minimum Gasteiger partial charge on any atom is -0.317 e. The molecule has 7 nitrogen and oxygen atoms in total. The lowest BCUT2D eigenvalue weighted by atomic mass is 10.2. The molecule has 140 valence electrons. The van der Waals surface area contributed by atoms with Crippen molar-refractivity contribution in [1.29, 1.82) is 0 Å². The largest absolute Gasteiger partial charge is 0.332 e. The second-order valence-corrected chi connectivity index (χ2v) is 7.45. The highest BCUT2D eigenvalue weighted by Gasteiger charge is 2.21. The Bertz CT molecular complexity index is 1360. The summed E-state index contributed by atoms with van der Waals surface area (Å²) >= 11 is 12.0. The summed E-state index contributed by atoms with van der Waals surface area (Å²) < 4.78 is 6.30. The van der Waals surface area contributed by atoms with E-state index in [1.54, 1.807) is 29.6 Å². The van der Waals surface area contributed by atoms with Crippen molar-refractivity contribution >= 4 is 40.1 Å². The number of halogens is 2. The van der Waals surface area contributed by atoms with E-state index in [0.29, 0.717) is 32.6 Å². The lowest BCUT2D eigenvalue weighted by molar-refractivity contribution is 0.656. The topological polar surface area (TPSA) is 66.2 Å². The monoisotopic (exact) mass is 405 g/mol. The predicted molar refractivity (Wildman–Crippen MR) is 106 cm³/mol. The third-order valence-electron chi connectivity index (χ3n) is 5.11. The van der Waals surface area contributed by atoms with Crippen LogP contribution in [0.1, 0.15) is 17.0 Å². The Hall–Kier alpha value is -2.51. The number of nitrogens with zero attached hydrogens (tertiary/aromatic N) is 5. The molecule has 0 aliphatic heterocycles. The summed E-state index contributed by atoms with van der Waals surface area (Å²) in [4.78, 5) is 30.6. The van der Waals surface area contributed by atoms with Crippen LogP contribution in [0.3, 0.4) is 0 Å². The van der Waals surface area contributed by atoms with Gasteiger partial charge in [0.2, 0.25) is 5.78 Å². The second-order valence-electron chi connectivity index (χ2n) is 6.63. The Labute approximate surface area is 164 Å². The average molecular weight is 406 g/mol. The van der Waals surface area contributed by atoms with Gasteiger partial charge in [0, 0.05) is 25.5 Å². The van der Waals surface area contributed by atoms with Crippen LogP contribution in [0, 0.1) is 13.8 Å². The van der Waals surface area contributed by atoms with Crippen molar-refractivity contribution in [2.24, 2.45) is 14.1 Å². The van der Waals surface area contributed by atoms with E-state index < -0.39 is 5.69 Å². The van der Waals surface area contributed by atoms with Crippen LogP contribution in [-0.2, 0) is 20.6 Å². The van der Waals surface area contributed by atoms with E-state index in [9.17, 15) is 9.59 Å². The molecule has 27 heavy (non-hydrogen) atoms. The Morgan fingerprint density at radius 1 is 1.00 bits per heavy atom. The summed E-state index contributed by atoms with van der Waals surface area (Å²) in [6.45, 7) is 3.99. The van der Waals surface area contributed by atoms with Crippen molar-refractivity contribution in [1.82, 2.24) is 23.1 Å². The van der Waals surface area contributed by atoms with E-state index in [1.807, 2.05) is 25.5 Å². The average Bonchev–Trinajstić information content (AvgIpc) is 3.13. The van der Waals surface area contributed by atoms with Gasteiger partial charge in [-0.1, -0.05) is 29.3 Å². The lowest BCUT2D eigenvalue weighted by Crippen LogP contribution is -2.39. The van der Waals surface area contributed by atoms with E-state index in [-0.39, 0.29) is 12.1 Å². The van der Waals surface area contributed by atoms with Gasteiger partial charge in [0.1, 0.15) is 0 Å². The van der Waals surface area contributed by atoms with Crippen LogP contribution in [0.4, 0.5) is 0 Å². The zero-order valence-corrected chi connectivity index (χ0v) is 16.8. The van der Waals surface area contributed by atoms with E-state index in [1.165, 1.54) is 9.13 Å². The first-order valence-corrected chi connectivity index (χ1v) is 9.05. The quantitative estimate of drug-likeness (QED) is 0.514. The van der Waals surface area contributed by atoms with Gasteiger partial charge >= 0.3 is 5.69 Å². The predicted octanol–water partition coefficient (Wildman–Crippen LogP) is 2.66. The third-order valence-corrected chi connectivity index (χ3v) is 5.85. The minimum absolute atomic E-state index is 0.0937. The van der Waals surface area contributed by atoms with Crippen LogP contribution in [0.15, 0.2) is 27.8 Å². The summed E-state index contributed by atoms with van der Waals surface area (Å²) in [7, 11) is 3.50. The molecule has 0 bridgehead atoms. The van der Waals surface area contributed by atoms with E-state index >= 15 is 0 Å². The normalized spacial score (nSPS) is 11.8. The molecule has 0 saturated heterocycles. The number of aromatic nitrogens is 5. The highest BCUT2D eigenvalue weighted by Crippen LogP contribution is 2.23.